The number of carbonyl (C=O) groups excluding carboxylic acids is 2. The normalized spacial score (nSPS) is 18.9. The third-order valence-corrected chi connectivity index (χ3v) is 8.59. The summed E-state index contributed by atoms with van der Waals surface area (Å²) >= 11 is 0. The van der Waals surface area contributed by atoms with Crippen LogP contribution in [0.5, 0.6) is 5.75 Å². The highest BCUT2D eigenvalue weighted by molar-refractivity contribution is 7.89. The van der Waals surface area contributed by atoms with Gasteiger partial charge in [0.15, 0.2) is 0 Å². The lowest BCUT2D eigenvalue weighted by Crippen LogP contribution is -2.50. The number of aliphatic hydroxyl groups is 1. The van der Waals surface area contributed by atoms with Gasteiger partial charge in [-0.25, -0.2) is 8.42 Å². The van der Waals surface area contributed by atoms with Gasteiger partial charge in [-0.1, -0.05) is 24.6 Å². The van der Waals surface area contributed by atoms with E-state index < -0.39 is 53.0 Å². The van der Waals surface area contributed by atoms with E-state index >= 15 is 0 Å². The number of nitrogens with one attached hydrogen (secondary N) is 1. The first-order valence-electron chi connectivity index (χ1n) is 12.7. The van der Waals surface area contributed by atoms with Gasteiger partial charge in [0.05, 0.1) is 36.1 Å². The van der Waals surface area contributed by atoms with Crippen molar-refractivity contribution in [1.82, 2.24) is 9.21 Å². The first-order chi connectivity index (χ1) is 18.6. The molecule has 2 amide bonds. The number of carbonyl (C=O) groups is 2. The van der Waals surface area contributed by atoms with Crippen molar-refractivity contribution in [2.45, 2.75) is 56.8 Å². The Balaban J connectivity index is 1.91. The maximum absolute atomic E-state index is 13.5. The number of fused-ring (bicyclic) bond motifs is 1. The SMILES string of the molecule is Cc1ccc(S(=O)(=O)N(C)C[C@@H]2Oc3ccc(NC(=O)CCC(F)(F)F)cc3C(=O)N([C@H](C)CO)C[C@@H]2C)cc1. The summed E-state index contributed by atoms with van der Waals surface area (Å²) in [6, 6.07) is 9.96. The number of ether oxygens (including phenoxy) is 1. The lowest BCUT2D eigenvalue weighted by Gasteiger charge is -2.38. The van der Waals surface area contributed by atoms with Crippen molar-refractivity contribution in [1.29, 1.82) is 0 Å². The molecular formula is C27H34F3N3O6S. The van der Waals surface area contributed by atoms with Crippen LogP contribution < -0.4 is 10.1 Å². The molecule has 2 aromatic rings. The van der Waals surface area contributed by atoms with E-state index in [0.29, 0.717) is 0 Å². The van der Waals surface area contributed by atoms with Gasteiger partial charge in [-0.05, 0) is 44.2 Å². The van der Waals surface area contributed by atoms with Crippen LogP contribution in [0.3, 0.4) is 0 Å². The third kappa shape index (κ3) is 7.73. The van der Waals surface area contributed by atoms with E-state index in [1.165, 1.54) is 46.6 Å². The fourth-order valence-electron chi connectivity index (χ4n) is 4.24. The summed E-state index contributed by atoms with van der Waals surface area (Å²) < 4.78 is 71.3. The van der Waals surface area contributed by atoms with Crippen LogP contribution in [0.1, 0.15) is 42.6 Å². The Morgan fingerprint density at radius 1 is 1.23 bits per heavy atom. The number of likely N-dealkylation sites (N-methyl/N-ethyl adjacent to an activating group) is 1. The van der Waals surface area contributed by atoms with E-state index in [-0.39, 0.29) is 47.5 Å². The van der Waals surface area contributed by atoms with Crippen LogP contribution in [-0.2, 0) is 14.8 Å². The van der Waals surface area contributed by atoms with E-state index in [0.717, 1.165) is 5.56 Å². The molecule has 0 saturated carbocycles. The van der Waals surface area contributed by atoms with Gasteiger partial charge in [0, 0.05) is 31.6 Å². The Kier molecular flexibility index (Phi) is 9.85. The number of benzene rings is 2. The van der Waals surface area contributed by atoms with Gasteiger partial charge in [0.2, 0.25) is 15.9 Å². The molecule has 13 heteroatoms. The molecule has 3 rings (SSSR count). The lowest BCUT2D eigenvalue weighted by molar-refractivity contribution is -0.142. The Labute approximate surface area is 232 Å². The number of halogens is 3. The van der Waals surface area contributed by atoms with Crippen LogP contribution in [0.25, 0.3) is 0 Å². The van der Waals surface area contributed by atoms with Crippen molar-refractivity contribution in [2.24, 2.45) is 5.92 Å². The van der Waals surface area contributed by atoms with Crippen molar-refractivity contribution in [3.8, 4) is 5.75 Å². The number of amides is 2. The first-order valence-corrected chi connectivity index (χ1v) is 14.2. The van der Waals surface area contributed by atoms with Crippen LogP contribution in [0.4, 0.5) is 18.9 Å². The molecule has 1 heterocycles. The van der Waals surface area contributed by atoms with Crippen LogP contribution in [-0.4, -0.2) is 79.6 Å². The molecule has 2 N–H and O–H groups in total. The number of sulfonamides is 1. The van der Waals surface area contributed by atoms with Gasteiger partial charge in [0.25, 0.3) is 5.91 Å². The summed E-state index contributed by atoms with van der Waals surface area (Å²) in [7, 11) is -2.42. The highest BCUT2D eigenvalue weighted by atomic mass is 32.2. The van der Waals surface area contributed by atoms with Crippen LogP contribution in [0.2, 0.25) is 0 Å². The number of aryl methyl sites for hydroxylation is 1. The summed E-state index contributed by atoms with van der Waals surface area (Å²) in [5, 5.41) is 12.2. The Morgan fingerprint density at radius 2 is 1.88 bits per heavy atom. The van der Waals surface area contributed by atoms with E-state index in [2.05, 4.69) is 5.32 Å². The summed E-state index contributed by atoms with van der Waals surface area (Å²) in [6.45, 7) is 5.05. The molecule has 0 fully saturated rings. The Morgan fingerprint density at radius 3 is 2.48 bits per heavy atom. The summed E-state index contributed by atoms with van der Waals surface area (Å²) in [6.07, 6.45) is -7.26. The second-order valence-electron chi connectivity index (χ2n) is 10.1. The summed E-state index contributed by atoms with van der Waals surface area (Å²) in [4.78, 5) is 27.1. The van der Waals surface area contributed by atoms with Crippen molar-refractivity contribution >= 4 is 27.5 Å². The van der Waals surface area contributed by atoms with Crippen LogP contribution in [0.15, 0.2) is 47.4 Å². The smallest absolute Gasteiger partial charge is 0.389 e. The predicted octanol–water partition coefficient (Wildman–Crippen LogP) is 3.82. The minimum Gasteiger partial charge on any atom is -0.488 e. The van der Waals surface area contributed by atoms with E-state index in [1.807, 2.05) is 13.8 Å². The lowest BCUT2D eigenvalue weighted by atomic mass is 9.99. The molecule has 1 aliphatic heterocycles. The standard InChI is InChI=1S/C27H34F3N3O6S/c1-17-5-8-21(9-6-17)40(37,38)32(4)15-24-18(2)14-33(19(3)16-34)26(36)22-13-20(7-10-23(22)39-24)31-25(35)11-12-27(28,29)30/h5-10,13,18-19,24,34H,11-12,14-16H2,1-4H3,(H,31,35)/t18-,19+,24-/m0/s1. The Bertz CT molecular complexity index is 1320. The molecule has 220 valence electrons. The van der Waals surface area contributed by atoms with Crippen LogP contribution >= 0.6 is 0 Å². The monoisotopic (exact) mass is 585 g/mol. The van der Waals surface area contributed by atoms with Gasteiger partial charge in [0.1, 0.15) is 11.9 Å². The van der Waals surface area contributed by atoms with Gasteiger partial charge < -0.3 is 20.1 Å². The molecule has 0 bridgehead atoms. The molecule has 2 aromatic carbocycles. The molecule has 0 aliphatic carbocycles. The maximum atomic E-state index is 13.5. The zero-order chi connectivity index (χ0) is 29.8. The quantitative estimate of drug-likeness (QED) is 0.463. The van der Waals surface area contributed by atoms with Crippen molar-refractivity contribution in [3.63, 3.8) is 0 Å². The van der Waals surface area contributed by atoms with E-state index in [1.54, 1.807) is 19.1 Å². The summed E-state index contributed by atoms with van der Waals surface area (Å²) in [5.41, 5.74) is 1.03. The molecule has 3 atom stereocenters. The van der Waals surface area contributed by atoms with Gasteiger partial charge in [-0.3, -0.25) is 9.59 Å². The fraction of sp³-hybridized carbons (Fsp3) is 0.481. The molecular weight excluding hydrogens is 551 g/mol. The fourth-order valence-corrected chi connectivity index (χ4v) is 5.42. The first kappa shape index (κ1) is 31.4. The number of aliphatic hydroxyl groups excluding tert-OH is 1. The second-order valence-corrected chi connectivity index (χ2v) is 12.1. The summed E-state index contributed by atoms with van der Waals surface area (Å²) in [5.74, 6) is -1.62. The highest BCUT2D eigenvalue weighted by Crippen LogP contribution is 2.31. The maximum Gasteiger partial charge on any atom is 0.389 e. The number of anilines is 1. The molecule has 40 heavy (non-hydrogen) atoms. The van der Waals surface area contributed by atoms with Gasteiger partial charge >= 0.3 is 6.18 Å². The molecule has 0 saturated heterocycles. The largest absolute Gasteiger partial charge is 0.488 e. The van der Waals surface area contributed by atoms with Crippen molar-refractivity contribution < 1.29 is 41.0 Å². The highest BCUT2D eigenvalue weighted by Gasteiger charge is 2.35. The predicted molar refractivity (Wildman–Crippen MR) is 143 cm³/mol. The van der Waals surface area contributed by atoms with E-state index in [4.69, 9.17) is 4.74 Å². The second kappa shape index (κ2) is 12.6. The van der Waals surface area contributed by atoms with Crippen molar-refractivity contribution in [2.75, 3.05) is 32.1 Å². The van der Waals surface area contributed by atoms with Gasteiger partial charge in [-0.15, -0.1) is 0 Å². The third-order valence-electron chi connectivity index (χ3n) is 6.75. The molecule has 0 unspecified atom stereocenters. The number of rotatable bonds is 9. The zero-order valence-corrected chi connectivity index (χ0v) is 23.6. The number of hydrogen-bond donors (Lipinski definition) is 2. The molecule has 0 aromatic heterocycles. The Hall–Kier alpha value is -3.16. The minimum absolute atomic E-state index is 0.0230. The van der Waals surface area contributed by atoms with E-state index in [9.17, 15) is 36.3 Å². The number of alkyl halides is 3. The van der Waals surface area contributed by atoms with Crippen molar-refractivity contribution in [3.05, 3.63) is 53.6 Å². The zero-order valence-electron chi connectivity index (χ0n) is 22.7. The topological polar surface area (TPSA) is 116 Å². The molecule has 9 nitrogen and oxygen atoms in total. The van der Waals surface area contributed by atoms with Gasteiger partial charge in [-0.2, -0.15) is 17.5 Å². The molecule has 1 aliphatic rings. The number of nitrogens with zero attached hydrogens (tertiary/aromatic N) is 2. The average molecular weight is 586 g/mol. The minimum atomic E-state index is -4.49. The number of hydrogen-bond acceptors (Lipinski definition) is 6. The average Bonchev–Trinajstić information content (AvgIpc) is 2.89. The molecule has 0 spiro atoms. The van der Waals surface area contributed by atoms with Crippen LogP contribution in [0, 0.1) is 12.8 Å². The molecule has 0 radical (unpaired) electrons.